The number of esters is 1. The second-order valence-electron chi connectivity index (χ2n) is 15.9. The van der Waals surface area contributed by atoms with Gasteiger partial charge in [0.05, 0.1) is 6.61 Å². The summed E-state index contributed by atoms with van der Waals surface area (Å²) < 4.78 is 76.5. The Hall–Kier alpha value is -4.22. The van der Waals surface area contributed by atoms with Crippen molar-refractivity contribution in [2.75, 3.05) is 33.0 Å². The smallest absolute Gasteiger partial charge is 0.408 e. The van der Waals surface area contributed by atoms with Crippen LogP contribution in [0.4, 0.5) is 13.6 Å². The molecular formula is C47H71F2N3O11. The second-order valence-corrected chi connectivity index (χ2v) is 15.9. The number of nitrogens with one attached hydrogen (secondary N) is 3. The summed E-state index contributed by atoms with van der Waals surface area (Å²) in [6.07, 6.45) is -2.59. The van der Waals surface area contributed by atoms with E-state index < -0.39 is 84.9 Å². The van der Waals surface area contributed by atoms with Gasteiger partial charge in [-0.3, -0.25) is 9.59 Å². The Morgan fingerprint density at radius 2 is 1.13 bits per heavy atom. The van der Waals surface area contributed by atoms with Crippen LogP contribution in [0.1, 0.15) is 110 Å². The van der Waals surface area contributed by atoms with Gasteiger partial charge in [0.1, 0.15) is 55.8 Å². The zero-order chi connectivity index (χ0) is 46.0. The minimum atomic E-state index is -3.86. The molecule has 2 aromatic rings. The first-order valence-electron chi connectivity index (χ1n) is 22.6. The van der Waals surface area contributed by atoms with E-state index in [1.807, 2.05) is 33.8 Å². The van der Waals surface area contributed by atoms with Crippen LogP contribution in [-0.4, -0.2) is 111 Å². The Morgan fingerprint density at radius 3 is 1.68 bits per heavy atom. The number of halogens is 2. The maximum Gasteiger partial charge on any atom is 0.408 e. The normalized spacial score (nSPS) is 20.2. The third kappa shape index (κ3) is 18.8. The summed E-state index contributed by atoms with van der Waals surface area (Å²) in [5, 5.41) is 7.21. The van der Waals surface area contributed by atoms with Crippen molar-refractivity contribution in [2.45, 2.75) is 167 Å². The Balaban J connectivity index is 1.91. The predicted octanol–water partition coefficient (Wildman–Crippen LogP) is 7.20. The van der Waals surface area contributed by atoms with Gasteiger partial charge >= 0.3 is 12.1 Å². The molecule has 0 spiro atoms. The fourth-order valence-electron chi connectivity index (χ4n) is 6.63. The monoisotopic (exact) mass is 892 g/mol. The standard InChI is InChI=1S/C47H71F2N3O11/c1-7-11-25-57-32-38-39(58-26-12-8-2)40(59-27-13-9-3)41(60-28-14-10-4)42(63-38)47(48,49)29-37(52-46(56)62-31-36-23-19-16-20-24-36)44(54)50-33(5)43(53)51-34(6)45(55)61-30-35-21-17-15-18-22-35/h15-24,33-34,37-42H,7-14,25-32H2,1-6H3,(H,50,54)(H,51,53)(H,52,56)/t33-,34-,37+,38+,39-,40-,41+,42+/m0/s1. The van der Waals surface area contributed by atoms with Crippen LogP contribution in [0.2, 0.25) is 0 Å². The number of hydrogen-bond donors (Lipinski definition) is 3. The van der Waals surface area contributed by atoms with Gasteiger partial charge in [0.25, 0.3) is 5.92 Å². The van der Waals surface area contributed by atoms with Gasteiger partial charge in [-0.15, -0.1) is 0 Å². The molecule has 0 saturated carbocycles. The highest BCUT2D eigenvalue weighted by Gasteiger charge is 2.58. The molecule has 8 atom stereocenters. The van der Waals surface area contributed by atoms with E-state index in [1.54, 1.807) is 54.6 Å². The topological polar surface area (TPSA) is 169 Å². The molecule has 2 aromatic carbocycles. The van der Waals surface area contributed by atoms with Crippen LogP contribution < -0.4 is 16.0 Å². The summed E-state index contributed by atoms with van der Waals surface area (Å²) in [6.45, 7) is 11.5. The zero-order valence-corrected chi connectivity index (χ0v) is 38.0. The fourth-order valence-corrected chi connectivity index (χ4v) is 6.63. The van der Waals surface area contributed by atoms with Crippen molar-refractivity contribution in [3.63, 3.8) is 0 Å². The average molecular weight is 892 g/mol. The van der Waals surface area contributed by atoms with Crippen molar-refractivity contribution in [2.24, 2.45) is 0 Å². The molecule has 3 N–H and O–H groups in total. The van der Waals surface area contributed by atoms with Crippen molar-refractivity contribution in [1.82, 2.24) is 16.0 Å². The first-order valence-corrected chi connectivity index (χ1v) is 22.6. The highest BCUT2D eigenvalue weighted by molar-refractivity contribution is 5.92. The van der Waals surface area contributed by atoms with E-state index in [1.165, 1.54) is 13.8 Å². The first kappa shape index (κ1) is 53.1. The van der Waals surface area contributed by atoms with Crippen LogP contribution in [0.15, 0.2) is 60.7 Å². The first-order chi connectivity index (χ1) is 30.3. The van der Waals surface area contributed by atoms with E-state index in [0.29, 0.717) is 31.6 Å². The second kappa shape index (κ2) is 29.3. The maximum atomic E-state index is 17.3. The number of carbonyl (C=O) groups is 4. The molecule has 16 heteroatoms. The summed E-state index contributed by atoms with van der Waals surface area (Å²) in [5.41, 5.74) is 1.37. The molecule has 0 radical (unpaired) electrons. The van der Waals surface area contributed by atoms with Crippen molar-refractivity contribution >= 4 is 23.9 Å². The number of hydrogen-bond acceptors (Lipinski definition) is 11. The van der Waals surface area contributed by atoms with Gasteiger partial charge in [0, 0.05) is 32.8 Å². The lowest BCUT2D eigenvalue weighted by Crippen LogP contribution is -2.66. The number of unbranched alkanes of at least 4 members (excludes halogenated alkanes) is 4. The molecule has 1 fully saturated rings. The minimum absolute atomic E-state index is 0.0197. The van der Waals surface area contributed by atoms with Crippen LogP contribution >= 0.6 is 0 Å². The number of carbonyl (C=O) groups excluding carboxylic acids is 4. The van der Waals surface area contributed by atoms with E-state index in [9.17, 15) is 19.2 Å². The molecule has 1 saturated heterocycles. The summed E-state index contributed by atoms with van der Waals surface area (Å²) in [4.78, 5) is 53.1. The van der Waals surface area contributed by atoms with Gasteiger partial charge in [0.2, 0.25) is 11.8 Å². The zero-order valence-electron chi connectivity index (χ0n) is 38.0. The lowest BCUT2D eigenvalue weighted by atomic mass is 9.88. The van der Waals surface area contributed by atoms with E-state index in [4.69, 9.17) is 33.2 Å². The van der Waals surface area contributed by atoms with Crippen LogP contribution in [0.5, 0.6) is 0 Å². The highest BCUT2D eigenvalue weighted by Crippen LogP contribution is 2.39. The molecule has 354 valence electrons. The summed E-state index contributed by atoms with van der Waals surface area (Å²) in [5.74, 6) is -6.49. The molecule has 14 nitrogen and oxygen atoms in total. The van der Waals surface area contributed by atoms with Gasteiger partial charge in [0.15, 0.2) is 6.10 Å². The van der Waals surface area contributed by atoms with E-state index in [2.05, 4.69) is 16.0 Å². The predicted molar refractivity (Wildman–Crippen MR) is 233 cm³/mol. The molecule has 1 aliphatic heterocycles. The maximum absolute atomic E-state index is 17.3. The molecule has 0 unspecified atom stereocenters. The molecule has 3 rings (SSSR count). The summed E-state index contributed by atoms with van der Waals surface area (Å²) in [6, 6.07) is 13.3. The Morgan fingerprint density at radius 1 is 0.635 bits per heavy atom. The number of alkyl halides is 2. The van der Waals surface area contributed by atoms with Crippen molar-refractivity contribution in [1.29, 1.82) is 0 Å². The molecular weight excluding hydrogens is 821 g/mol. The van der Waals surface area contributed by atoms with Crippen molar-refractivity contribution < 1.29 is 61.1 Å². The lowest BCUT2D eigenvalue weighted by molar-refractivity contribution is -0.306. The Bertz CT molecular complexity index is 1610. The van der Waals surface area contributed by atoms with Crippen LogP contribution in [-0.2, 0) is 60.8 Å². The summed E-state index contributed by atoms with van der Waals surface area (Å²) in [7, 11) is 0. The number of rotatable bonds is 30. The molecule has 63 heavy (non-hydrogen) atoms. The molecule has 1 heterocycles. The highest BCUT2D eigenvalue weighted by atomic mass is 19.3. The largest absolute Gasteiger partial charge is 0.459 e. The van der Waals surface area contributed by atoms with Gasteiger partial charge in [-0.05, 0) is 50.7 Å². The number of amides is 3. The minimum Gasteiger partial charge on any atom is -0.459 e. The van der Waals surface area contributed by atoms with Crippen molar-refractivity contribution in [3.05, 3.63) is 71.8 Å². The van der Waals surface area contributed by atoms with E-state index in [0.717, 1.165) is 44.1 Å². The van der Waals surface area contributed by atoms with Crippen LogP contribution in [0, 0.1) is 0 Å². The molecule has 0 aliphatic carbocycles. The van der Waals surface area contributed by atoms with Gasteiger partial charge in [-0.25, -0.2) is 18.4 Å². The van der Waals surface area contributed by atoms with E-state index >= 15 is 8.78 Å². The average Bonchev–Trinajstić information content (AvgIpc) is 3.27. The SMILES string of the molecule is CCCCOC[C@H]1O[C@@H](C(F)(F)C[C@@H](NC(=O)OCc2ccccc2)C(=O)N[C@@H](C)C(=O)N[C@@H](C)C(=O)OCc2ccccc2)[C@H](OCCCC)[C@@H](OCCCC)[C@H]1OCCCC. The molecule has 3 amide bonds. The number of ether oxygens (including phenoxy) is 7. The Kier molecular flexibility index (Phi) is 24.7. The third-order valence-corrected chi connectivity index (χ3v) is 10.4. The van der Waals surface area contributed by atoms with Crippen LogP contribution in [0.25, 0.3) is 0 Å². The molecule has 0 aromatic heterocycles. The van der Waals surface area contributed by atoms with Gasteiger partial charge in [-0.1, -0.05) is 114 Å². The van der Waals surface area contributed by atoms with Gasteiger partial charge < -0.3 is 49.1 Å². The Labute approximate surface area is 372 Å². The fraction of sp³-hybridized carbons (Fsp3) is 0.660. The third-order valence-electron chi connectivity index (χ3n) is 10.4. The van der Waals surface area contributed by atoms with Gasteiger partial charge in [-0.2, -0.15) is 0 Å². The van der Waals surface area contributed by atoms with Crippen molar-refractivity contribution in [3.8, 4) is 0 Å². The number of alkyl carbamates (subject to hydrolysis) is 1. The number of benzene rings is 2. The van der Waals surface area contributed by atoms with Crippen LogP contribution in [0.3, 0.4) is 0 Å². The molecule has 1 aliphatic rings. The molecule has 0 bridgehead atoms. The lowest BCUT2D eigenvalue weighted by Gasteiger charge is -2.48. The quantitative estimate of drug-likeness (QED) is 0.0536. The van der Waals surface area contributed by atoms with E-state index in [-0.39, 0.29) is 33.0 Å². The summed E-state index contributed by atoms with van der Waals surface area (Å²) >= 11 is 0.